The summed E-state index contributed by atoms with van der Waals surface area (Å²) in [4.78, 5) is 31.8. The molecule has 0 aliphatic rings. The van der Waals surface area contributed by atoms with Crippen molar-refractivity contribution in [2.75, 3.05) is 5.73 Å². The number of nitro benzene ring substituents is 1. The Morgan fingerprint density at radius 2 is 1.30 bits per heavy atom. The number of nitrogens with two attached hydrogens (primary N) is 1. The van der Waals surface area contributed by atoms with E-state index in [0.717, 1.165) is 5.56 Å². The van der Waals surface area contributed by atoms with Crippen LogP contribution in [0, 0.1) is 10.1 Å². The maximum atomic E-state index is 11.1. The molecule has 0 bridgehead atoms. The summed E-state index contributed by atoms with van der Waals surface area (Å²) in [5, 5.41) is 29.0. The molecule has 0 saturated heterocycles. The van der Waals surface area contributed by atoms with E-state index >= 15 is 0 Å². The number of aromatic hydroxyl groups is 2. The number of carbonyl (C=O) groups is 2. The fourth-order valence-electron chi connectivity index (χ4n) is 2.26. The molecule has 0 heterocycles. The van der Waals surface area contributed by atoms with E-state index < -0.39 is 10.7 Å². The molecule has 2 aromatic carbocycles. The minimum atomic E-state index is -0.669. The predicted octanol–water partition coefficient (Wildman–Crippen LogP) is 4.93. The molecule has 0 fully saturated rings. The summed E-state index contributed by atoms with van der Waals surface area (Å²) in [5.41, 5.74) is 6.78. The molecule has 2 aromatic rings. The number of ketones is 2. The van der Waals surface area contributed by atoms with E-state index in [1.165, 1.54) is 38.1 Å². The van der Waals surface area contributed by atoms with Gasteiger partial charge < -0.3 is 15.9 Å². The first-order chi connectivity index (χ1) is 13.0. The van der Waals surface area contributed by atoms with Gasteiger partial charge in [-0.15, -0.1) is 0 Å². The van der Waals surface area contributed by atoms with Gasteiger partial charge in [0.05, 0.1) is 10.6 Å². The van der Waals surface area contributed by atoms with Crippen molar-refractivity contribution in [3.05, 3.63) is 57.6 Å². The Morgan fingerprint density at radius 1 is 0.900 bits per heavy atom. The lowest BCUT2D eigenvalue weighted by Crippen LogP contribution is -2.04. The van der Waals surface area contributed by atoms with Gasteiger partial charge in [0.1, 0.15) is 17.3 Å². The summed E-state index contributed by atoms with van der Waals surface area (Å²) < 4.78 is 0. The lowest BCUT2D eigenvalue weighted by Gasteiger charge is -2.08. The highest BCUT2D eigenvalue weighted by molar-refractivity contribution is 5.83. The maximum absolute atomic E-state index is 11.1. The van der Waals surface area contributed by atoms with E-state index in [2.05, 4.69) is 0 Å². The Balaban J connectivity index is 0. The number of nitro groups is 1. The van der Waals surface area contributed by atoms with Gasteiger partial charge >= 0.3 is 5.69 Å². The number of anilines is 1. The highest BCUT2D eigenvalue weighted by Gasteiger charge is 2.17. The third kappa shape index (κ3) is 7.54. The molecule has 2 unspecified atom stereocenters. The number of hydrogen-bond donors (Lipinski definition) is 3. The summed E-state index contributed by atoms with van der Waals surface area (Å²) in [6.45, 7) is 6.44. The molecule has 30 heavy (non-hydrogen) atoms. The van der Waals surface area contributed by atoms with Crippen molar-refractivity contribution in [1.29, 1.82) is 0 Å². The lowest BCUT2D eigenvalue weighted by atomic mass is 9.97. The van der Waals surface area contributed by atoms with Crippen molar-refractivity contribution >= 4 is 22.9 Å². The third-order valence-electron chi connectivity index (χ3n) is 4.47. The van der Waals surface area contributed by atoms with Crippen LogP contribution in [0.5, 0.6) is 11.5 Å². The molecule has 0 saturated carbocycles. The molecule has 0 aromatic heterocycles. The monoisotopic (exact) mass is 420 g/mol. The Morgan fingerprint density at radius 3 is 1.63 bits per heavy atom. The Hall–Kier alpha value is -3.42. The summed E-state index contributed by atoms with van der Waals surface area (Å²) in [6.07, 6.45) is 0. The molecule has 0 aliphatic heterocycles. The largest absolute Gasteiger partial charge is 0.506 e. The zero-order valence-corrected chi connectivity index (χ0v) is 16.2. The highest BCUT2D eigenvalue weighted by atomic mass is 16.6. The van der Waals surface area contributed by atoms with Gasteiger partial charge in [0.25, 0.3) is 0 Å². The molecule has 8 nitrogen and oxygen atoms in total. The van der Waals surface area contributed by atoms with Crippen molar-refractivity contribution in [3.8, 4) is 11.5 Å². The highest BCUT2D eigenvalue weighted by Crippen LogP contribution is 2.29. The lowest BCUT2D eigenvalue weighted by molar-refractivity contribution is -0.385. The average molecular weight is 421 g/mol. The van der Waals surface area contributed by atoms with Gasteiger partial charge in [-0.2, -0.15) is 0 Å². The van der Waals surface area contributed by atoms with E-state index in [1.54, 1.807) is 26.0 Å². The maximum Gasteiger partial charge on any atom is 0.310 e. The van der Waals surface area contributed by atoms with Gasteiger partial charge in [-0.05, 0) is 43.2 Å². The Labute approximate surface area is 177 Å². The summed E-state index contributed by atoms with van der Waals surface area (Å²) in [5.74, 6) is -0.910. The molecule has 2 rings (SSSR count). The van der Waals surface area contributed by atoms with Crippen molar-refractivity contribution in [2.45, 2.75) is 54.4 Å². The number of phenolic OH excluding ortho intramolecular Hbond substituents is 2. The van der Waals surface area contributed by atoms with Crippen LogP contribution in [0.2, 0.25) is 0 Å². The second kappa shape index (κ2) is 12.2. The van der Waals surface area contributed by atoms with E-state index in [0.29, 0.717) is 11.3 Å². The van der Waals surface area contributed by atoms with Gasteiger partial charge in [0, 0.05) is 17.9 Å². The van der Waals surface area contributed by atoms with Gasteiger partial charge in [-0.3, -0.25) is 19.7 Å². The fourth-order valence-corrected chi connectivity index (χ4v) is 2.26. The van der Waals surface area contributed by atoms with Crippen LogP contribution in [0.25, 0.3) is 0 Å². The van der Waals surface area contributed by atoms with Crippen molar-refractivity contribution < 1.29 is 24.7 Å². The number of nitrogens with zero attached hydrogens (tertiary/aromatic N) is 1. The second-order valence-electron chi connectivity index (χ2n) is 6.49. The molecular weight excluding hydrogens is 388 g/mol. The van der Waals surface area contributed by atoms with E-state index in [-0.39, 0.29) is 49.7 Å². The van der Waals surface area contributed by atoms with Gasteiger partial charge in [0.15, 0.2) is 5.75 Å². The fraction of sp³-hybridized carbons (Fsp3) is 0.364. The second-order valence-corrected chi connectivity index (χ2v) is 6.49. The van der Waals surface area contributed by atoms with E-state index in [9.17, 15) is 29.9 Å². The third-order valence-corrected chi connectivity index (χ3v) is 4.47. The molecule has 0 aliphatic carbocycles. The van der Waals surface area contributed by atoms with Crippen molar-refractivity contribution in [2.24, 2.45) is 0 Å². The number of phenols is 2. The quantitative estimate of drug-likeness (QED) is 0.269. The van der Waals surface area contributed by atoms with Crippen molar-refractivity contribution in [1.82, 2.24) is 0 Å². The van der Waals surface area contributed by atoms with Gasteiger partial charge in [-0.1, -0.05) is 40.8 Å². The first-order valence-corrected chi connectivity index (χ1v) is 8.52. The van der Waals surface area contributed by atoms with Crippen LogP contribution in [0.15, 0.2) is 36.4 Å². The standard InChI is InChI=1S/C10H11NO4.C10H13NO2.2CH4/c1-6(7(2)12)8-3-4-9(11(14)15)10(13)5-8;1-6(7(2)12)8-3-4-9(11)10(13)5-8;;/h3-6,13H,1-2H3;3-6,13H,11H2,1-2H3;2*1H4. The smallest absolute Gasteiger partial charge is 0.310 e. The zero-order valence-electron chi connectivity index (χ0n) is 16.2. The first-order valence-electron chi connectivity index (χ1n) is 8.52. The minimum absolute atomic E-state index is 0. The Bertz CT molecular complexity index is 895. The van der Waals surface area contributed by atoms with Crippen molar-refractivity contribution in [3.63, 3.8) is 0 Å². The molecule has 0 amide bonds. The van der Waals surface area contributed by atoms with Crippen LogP contribution in [0.3, 0.4) is 0 Å². The zero-order chi connectivity index (χ0) is 21.6. The van der Waals surface area contributed by atoms with Crippen LogP contribution in [-0.4, -0.2) is 26.7 Å². The normalized spacial score (nSPS) is 11.5. The SMILES string of the molecule is C.C.CC(=O)C(C)c1ccc(N)c(O)c1.CC(=O)C(C)c1ccc([N+](=O)[O-])c(O)c1. The topological polar surface area (TPSA) is 144 Å². The number of Topliss-reactive ketones (excluding diaryl/α,β-unsaturated/α-hetero) is 2. The molecule has 2 atom stereocenters. The van der Waals surface area contributed by atoms with Gasteiger partial charge in [0.2, 0.25) is 0 Å². The number of rotatable bonds is 5. The summed E-state index contributed by atoms with van der Waals surface area (Å²) >= 11 is 0. The predicted molar refractivity (Wildman–Crippen MR) is 119 cm³/mol. The Kier molecular flexibility index (Phi) is 11.7. The van der Waals surface area contributed by atoms with Crippen LogP contribution < -0.4 is 5.73 Å². The summed E-state index contributed by atoms with van der Waals surface area (Å²) in [7, 11) is 0. The molecule has 0 radical (unpaired) electrons. The van der Waals surface area contributed by atoms with Crippen LogP contribution in [0.4, 0.5) is 11.4 Å². The number of nitrogen functional groups attached to an aromatic ring is 1. The minimum Gasteiger partial charge on any atom is -0.506 e. The van der Waals surface area contributed by atoms with E-state index in [4.69, 9.17) is 5.73 Å². The van der Waals surface area contributed by atoms with Gasteiger partial charge in [-0.25, -0.2) is 0 Å². The molecule has 0 spiro atoms. The molecule has 4 N–H and O–H groups in total. The number of benzene rings is 2. The average Bonchev–Trinajstić information content (AvgIpc) is 2.62. The molecule has 8 heteroatoms. The first kappa shape index (κ1) is 28.8. The number of hydrogen-bond acceptors (Lipinski definition) is 7. The van der Waals surface area contributed by atoms with Crippen LogP contribution in [0.1, 0.15) is 65.5 Å². The summed E-state index contributed by atoms with van der Waals surface area (Å²) in [6, 6.07) is 8.81. The molecule has 166 valence electrons. The molecular formula is C22H32N2O6. The van der Waals surface area contributed by atoms with Crippen LogP contribution >= 0.6 is 0 Å². The van der Waals surface area contributed by atoms with E-state index in [1.807, 2.05) is 0 Å². The number of carbonyl (C=O) groups excluding carboxylic acids is 2. The van der Waals surface area contributed by atoms with Crippen LogP contribution in [-0.2, 0) is 9.59 Å².